The van der Waals surface area contributed by atoms with Gasteiger partial charge in [0.05, 0.1) is 21.8 Å². The molecule has 0 unspecified atom stereocenters. The van der Waals surface area contributed by atoms with E-state index in [1.165, 1.54) is 9.13 Å². The maximum atomic E-state index is 12.1. The van der Waals surface area contributed by atoms with Gasteiger partial charge in [-0.1, -0.05) is 24.3 Å². The van der Waals surface area contributed by atoms with Crippen LogP contribution in [0.4, 0.5) is 0 Å². The summed E-state index contributed by atoms with van der Waals surface area (Å²) in [6.45, 7) is 0.652. The van der Waals surface area contributed by atoms with Gasteiger partial charge in [-0.05, 0) is 37.1 Å². The lowest BCUT2D eigenvalue weighted by atomic mass is 10.2. The molecule has 0 aliphatic rings. The monoisotopic (exact) mass is 380 g/mol. The fraction of sp³-hybridized carbons (Fsp3) is 0.200. The van der Waals surface area contributed by atoms with Crippen molar-refractivity contribution in [2.24, 2.45) is 0 Å². The van der Waals surface area contributed by atoms with Crippen molar-refractivity contribution in [3.8, 4) is 0 Å². The van der Waals surface area contributed by atoms with Gasteiger partial charge in [-0.2, -0.15) is 0 Å². The third-order valence-corrected chi connectivity index (χ3v) is 4.64. The van der Waals surface area contributed by atoms with Crippen LogP contribution in [0.15, 0.2) is 76.5 Å². The van der Waals surface area contributed by atoms with Crippen LogP contribution in [0.25, 0.3) is 21.8 Å². The average molecular weight is 380 g/mol. The fourth-order valence-electron chi connectivity index (χ4n) is 3.30. The zero-order chi connectivity index (χ0) is 19.7. The van der Waals surface area contributed by atoms with Crippen molar-refractivity contribution in [3.63, 3.8) is 0 Å². The van der Waals surface area contributed by atoms with Crippen molar-refractivity contribution in [2.75, 3.05) is 0 Å². The Morgan fingerprint density at radius 1 is 0.607 bits per heavy atom. The minimum Gasteiger partial charge on any atom is -0.372 e. The lowest BCUT2D eigenvalue weighted by Gasteiger charge is -2.10. The smallest absolute Gasteiger partial charge is 0.372 e. The van der Waals surface area contributed by atoms with Crippen LogP contribution in [-0.4, -0.2) is 9.13 Å². The van der Waals surface area contributed by atoms with Gasteiger partial charge in [0.15, 0.2) is 0 Å². The van der Waals surface area contributed by atoms with Crippen LogP contribution in [0.2, 0.25) is 0 Å². The summed E-state index contributed by atoms with van der Waals surface area (Å²) in [4.78, 5) is 47.8. The molecule has 0 N–H and O–H groups in total. The van der Waals surface area contributed by atoms with E-state index in [-0.39, 0.29) is 0 Å². The quantitative estimate of drug-likeness (QED) is 0.488. The summed E-state index contributed by atoms with van der Waals surface area (Å²) in [5, 5.41) is 0.684. The number of para-hydroxylation sites is 2. The van der Waals surface area contributed by atoms with Crippen molar-refractivity contribution < 1.29 is 8.83 Å². The first-order chi connectivity index (χ1) is 13.6. The highest BCUT2D eigenvalue weighted by atomic mass is 16.4. The molecule has 0 spiro atoms. The van der Waals surface area contributed by atoms with E-state index in [0.29, 0.717) is 47.7 Å². The van der Waals surface area contributed by atoms with E-state index < -0.39 is 22.8 Å². The van der Waals surface area contributed by atoms with Gasteiger partial charge in [0.25, 0.3) is 0 Å². The number of benzene rings is 2. The minimum absolute atomic E-state index is 0.326. The Kier molecular flexibility index (Phi) is 4.52. The number of unbranched alkanes of at least 4 members (excludes halogenated alkanes) is 1. The zero-order valence-corrected chi connectivity index (χ0v) is 14.8. The van der Waals surface area contributed by atoms with Crippen LogP contribution in [0, 0.1) is 0 Å². The highest BCUT2D eigenvalue weighted by molar-refractivity contribution is 5.77. The van der Waals surface area contributed by atoms with Gasteiger partial charge >= 0.3 is 22.8 Å². The Morgan fingerprint density at radius 2 is 1.00 bits per heavy atom. The van der Waals surface area contributed by atoms with E-state index in [9.17, 15) is 19.2 Å². The van der Waals surface area contributed by atoms with Crippen LogP contribution >= 0.6 is 0 Å². The van der Waals surface area contributed by atoms with Crippen LogP contribution in [-0.2, 0) is 13.1 Å². The predicted molar refractivity (Wildman–Crippen MR) is 103 cm³/mol. The highest BCUT2D eigenvalue weighted by Crippen LogP contribution is 2.10. The molecule has 0 fully saturated rings. The van der Waals surface area contributed by atoms with E-state index in [2.05, 4.69) is 0 Å². The van der Waals surface area contributed by atoms with Gasteiger partial charge < -0.3 is 8.83 Å². The topological polar surface area (TPSA) is 104 Å². The molecule has 0 radical (unpaired) electrons. The Morgan fingerprint density at radius 3 is 1.43 bits per heavy atom. The van der Waals surface area contributed by atoms with Crippen molar-refractivity contribution in [1.82, 2.24) is 9.13 Å². The third-order valence-electron chi connectivity index (χ3n) is 4.64. The Bertz CT molecular complexity index is 1300. The molecular formula is C20H16N2O6. The lowest BCUT2D eigenvalue weighted by Crippen LogP contribution is -2.26. The first kappa shape index (κ1) is 17.7. The number of hydrogen-bond acceptors (Lipinski definition) is 6. The van der Waals surface area contributed by atoms with Gasteiger partial charge in [-0.15, -0.1) is 0 Å². The summed E-state index contributed by atoms with van der Waals surface area (Å²) in [5.74, 6) is -1.42. The maximum Gasteiger partial charge on any atom is 0.422 e. The van der Waals surface area contributed by atoms with Gasteiger partial charge in [0.1, 0.15) is 0 Å². The molecule has 2 aromatic heterocycles. The molecule has 8 nitrogen and oxygen atoms in total. The number of aromatic nitrogens is 2. The number of nitrogens with zero attached hydrogens (tertiary/aromatic N) is 2. The third kappa shape index (κ3) is 3.09. The van der Waals surface area contributed by atoms with E-state index in [4.69, 9.17) is 8.83 Å². The molecule has 142 valence electrons. The molecule has 2 aromatic carbocycles. The van der Waals surface area contributed by atoms with Gasteiger partial charge in [0.2, 0.25) is 0 Å². The van der Waals surface area contributed by atoms with Gasteiger partial charge in [0, 0.05) is 13.1 Å². The summed E-state index contributed by atoms with van der Waals surface area (Å²) in [5.41, 5.74) is -0.294. The fourth-order valence-corrected chi connectivity index (χ4v) is 3.30. The normalized spacial score (nSPS) is 11.3. The molecule has 4 rings (SSSR count). The summed E-state index contributed by atoms with van der Waals surface area (Å²) in [6.07, 6.45) is 1.11. The zero-order valence-electron chi connectivity index (χ0n) is 14.8. The van der Waals surface area contributed by atoms with Crippen molar-refractivity contribution in [1.29, 1.82) is 0 Å². The van der Waals surface area contributed by atoms with Crippen LogP contribution in [0.5, 0.6) is 0 Å². The van der Waals surface area contributed by atoms with Crippen molar-refractivity contribution in [2.45, 2.75) is 25.9 Å². The second kappa shape index (κ2) is 7.15. The minimum atomic E-state index is -0.711. The summed E-state index contributed by atoms with van der Waals surface area (Å²) >= 11 is 0. The SMILES string of the molecule is O=c1oc(=O)n(CCCCn2c(=O)oc(=O)c3ccccc32)c2ccccc12. The molecule has 0 bridgehead atoms. The van der Waals surface area contributed by atoms with E-state index >= 15 is 0 Å². The number of aryl methyl sites for hydroxylation is 2. The Balaban J connectivity index is 1.57. The summed E-state index contributed by atoms with van der Waals surface area (Å²) < 4.78 is 12.4. The second-order valence-corrected chi connectivity index (χ2v) is 6.36. The van der Waals surface area contributed by atoms with Crippen molar-refractivity contribution >= 4 is 21.8 Å². The molecule has 0 amide bonds. The first-order valence-electron chi connectivity index (χ1n) is 8.81. The second-order valence-electron chi connectivity index (χ2n) is 6.36. The molecule has 2 heterocycles. The molecule has 0 atom stereocenters. The molecule has 8 heteroatoms. The molecule has 4 aromatic rings. The largest absolute Gasteiger partial charge is 0.422 e. The van der Waals surface area contributed by atoms with E-state index in [1.807, 2.05) is 0 Å². The van der Waals surface area contributed by atoms with Crippen molar-refractivity contribution in [3.05, 3.63) is 90.5 Å². The molecule has 28 heavy (non-hydrogen) atoms. The lowest BCUT2D eigenvalue weighted by molar-refractivity contribution is 0.394. The summed E-state index contributed by atoms with van der Waals surface area (Å²) in [6, 6.07) is 13.5. The first-order valence-corrected chi connectivity index (χ1v) is 8.81. The maximum absolute atomic E-state index is 12.1. The van der Waals surface area contributed by atoms with Crippen LogP contribution in [0.3, 0.4) is 0 Å². The highest BCUT2D eigenvalue weighted by Gasteiger charge is 2.10. The molecule has 0 saturated heterocycles. The standard InChI is InChI=1S/C20H16N2O6/c23-17-13-7-1-3-9-15(13)21(19(25)27-17)11-5-6-12-22-16-10-4-2-8-14(16)18(24)28-20(22)26/h1-4,7-10H,5-6,11-12H2. The van der Waals surface area contributed by atoms with E-state index in [1.54, 1.807) is 48.5 Å². The number of hydrogen-bond donors (Lipinski definition) is 0. The molecular weight excluding hydrogens is 364 g/mol. The van der Waals surface area contributed by atoms with Gasteiger partial charge in [-0.3, -0.25) is 9.13 Å². The van der Waals surface area contributed by atoms with Gasteiger partial charge in [-0.25, -0.2) is 19.2 Å². The number of rotatable bonds is 5. The Labute approximate surface area is 156 Å². The molecule has 0 aliphatic heterocycles. The van der Waals surface area contributed by atoms with E-state index in [0.717, 1.165) is 0 Å². The van der Waals surface area contributed by atoms with Crippen LogP contribution < -0.4 is 22.8 Å². The average Bonchev–Trinajstić information content (AvgIpc) is 2.69. The van der Waals surface area contributed by atoms with Crippen LogP contribution in [0.1, 0.15) is 12.8 Å². The Hall–Kier alpha value is -3.68. The summed E-state index contributed by atoms with van der Waals surface area (Å²) in [7, 11) is 0. The molecule has 0 saturated carbocycles. The number of fused-ring (bicyclic) bond motifs is 2. The predicted octanol–water partition coefficient (Wildman–Crippen LogP) is 1.70. The molecule has 0 aliphatic carbocycles.